The van der Waals surface area contributed by atoms with Gasteiger partial charge in [0.25, 0.3) is 0 Å². The Hall–Kier alpha value is -2.75. The van der Waals surface area contributed by atoms with Crippen LogP contribution in [-0.4, -0.2) is 22.6 Å². The maximum Gasteiger partial charge on any atom is 0.307 e. The van der Waals surface area contributed by atoms with Gasteiger partial charge in [0.2, 0.25) is 0 Å². The van der Waals surface area contributed by atoms with Crippen LogP contribution < -0.4 is 0 Å². The lowest BCUT2D eigenvalue weighted by Gasteiger charge is -2.15. The highest BCUT2D eigenvalue weighted by Crippen LogP contribution is 2.19. The standard InChI is InChI=1S/C19H18O4/c1-13(20)17(19(23)14-7-3-2-4-8-14)11-15-9-5-6-10-16(15)12-18(21)22/h2-10,17H,11-12H2,1H3,(H,21,22). The number of carboxylic acids is 1. The van der Waals surface area contributed by atoms with Crippen molar-refractivity contribution in [3.63, 3.8) is 0 Å². The van der Waals surface area contributed by atoms with Crippen molar-refractivity contribution in [1.29, 1.82) is 0 Å². The molecular weight excluding hydrogens is 292 g/mol. The molecular formula is C19H18O4. The molecule has 0 aromatic heterocycles. The molecule has 0 amide bonds. The summed E-state index contributed by atoms with van der Waals surface area (Å²) in [4.78, 5) is 35.5. The van der Waals surface area contributed by atoms with Crippen molar-refractivity contribution >= 4 is 17.5 Å². The van der Waals surface area contributed by atoms with Gasteiger partial charge in [0.05, 0.1) is 12.3 Å². The second kappa shape index (κ2) is 7.49. The first-order valence-electron chi connectivity index (χ1n) is 7.37. The molecule has 4 heteroatoms. The van der Waals surface area contributed by atoms with E-state index in [4.69, 9.17) is 5.11 Å². The van der Waals surface area contributed by atoms with Crippen molar-refractivity contribution in [2.24, 2.45) is 5.92 Å². The summed E-state index contributed by atoms with van der Waals surface area (Å²) in [5, 5.41) is 8.99. The molecule has 2 aromatic rings. The van der Waals surface area contributed by atoms with Crippen LogP contribution >= 0.6 is 0 Å². The molecule has 0 heterocycles. The predicted octanol–water partition coefficient (Wildman–Crippen LogP) is 2.94. The fourth-order valence-electron chi connectivity index (χ4n) is 2.54. The molecule has 0 radical (unpaired) electrons. The minimum Gasteiger partial charge on any atom is -0.481 e. The number of ketones is 2. The lowest BCUT2D eigenvalue weighted by atomic mass is 9.86. The summed E-state index contributed by atoms with van der Waals surface area (Å²) < 4.78 is 0. The number of benzene rings is 2. The summed E-state index contributed by atoms with van der Waals surface area (Å²) in [6.45, 7) is 1.39. The van der Waals surface area contributed by atoms with E-state index in [1.165, 1.54) is 6.92 Å². The molecule has 0 aliphatic heterocycles. The Balaban J connectivity index is 2.29. The first kappa shape index (κ1) is 16.6. The smallest absolute Gasteiger partial charge is 0.307 e. The Morgan fingerprint density at radius 1 is 0.913 bits per heavy atom. The number of aliphatic carboxylic acids is 1. The Morgan fingerprint density at radius 3 is 2.04 bits per heavy atom. The van der Waals surface area contributed by atoms with Crippen molar-refractivity contribution in [3.05, 3.63) is 71.3 Å². The van der Waals surface area contributed by atoms with E-state index in [1.807, 2.05) is 6.07 Å². The Labute approximate surface area is 134 Å². The van der Waals surface area contributed by atoms with E-state index in [0.29, 0.717) is 11.1 Å². The minimum absolute atomic E-state index is 0.125. The van der Waals surface area contributed by atoms with E-state index in [9.17, 15) is 14.4 Å². The number of carboxylic acid groups (broad SMARTS) is 1. The molecule has 0 fully saturated rings. The van der Waals surface area contributed by atoms with Crippen LogP contribution in [0.4, 0.5) is 0 Å². The van der Waals surface area contributed by atoms with Crippen LogP contribution in [0, 0.1) is 5.92 Å². The van der Waals surface area contributed by atoms with Crippen LogP contribution in [0.5, 0.6) is 0 Å². The molecule has 1 N–H and O–H groups in total. The fraction of sp³-hybridized carbons (Fsp3) is 0.211. The third-order valence-electron chi connectivity index (χ3n) is 3.75. The van der Waals surface area contributed by atoms with Gasteiger partial charge in [-0.25, -0.2) is 0 Å². The van der Waals surface area contributed by atoms with Crippen molar-refractivity contribution in [3.8, 4) is 0 Å². The third-order valence-corrected chi connectivity index (χ3v) is 3.75. The second-order valence-corrected chi connectivity index (χ2v) is 5.44. The van der Waals surface area contributed by atoms with Crippen molar-refractivity contribution < 1.29 is 19.5 Å². The predicted molar refractivity (Wildman–Crippen MR) is 86.4 cm³/mol. The topological polar surface area (TPSA) is 71.4 Å². The summed E-state index contributed by atoms with van der Waals surface area (Å²) in [7, 11) is 0. The van der Waals surface area contributed by atoms with Gasteiger partial charge in [0.15, 0.2) is 5.78 Å². The van der Waals surface area contributed by atoms with Gasteiger partial charge >= 0.3 is 5.97 Å². The second-order valence-electron chi connectivity index (χ2n) is 5.44. The molecule has 0 saturated heterocycles. The molecule has 23 heavy (non-hydrogen) atoms. The van der Waals surface area contributed by atoms with Gasteiger partial charge < -0.3 is 5.11 Å². The molecule has 4 nitrogen and oxygen atoms in total. The maximum atomic E-state index is 12.6. The maximum absolute atomic E-state index is 12.6. The average molecular weight is 310 g/mol. The normalized spacial score (nSPS) is 11.7. The molecule has 1 atom stereocenters. The van der Waals surface area contributed by atoms with Crippen LogP contribution in [0.1, 0.15) is 28.4 Å². The van der Waals surface area contributed by atoms with Crippen molar-refractivity contribution in [2.45, 2.75) is 19.8 Å². The third kappa shape index (κ3) is 4.36. The van der Waals surface area contributed by atoms with Crippen molar-refractivity contribution in [1.82, 2.24) is 0 Å². The van der Waals surface area contributed by atoms with Crippen LogP contribution in [0.3, 0.4) is 0 Å². The van der Waals surface area contributed by atoms with E-state index in [2.05, 4.69) is 0 Å². The van der Waals surface area contributed by atoms with Crippen LogP contribution in [0.2, 0.25) is 0 Å². The van der Waals surface area contributed by atoms with Gasteiger partial charge in [0.1, 0.15) is 5.78 Å². The monoisotopic (exact) mass is 310 g/mol. The van der Waals surface area contributed by atoms with Gasteiger partial charge in [-0.2, -0.15) is 0 Å². The Morgan fingerprint density at radius 2 is 1.48 bits per heavy atom. The van der Waals surface area contributed by atoms with Gasteiger partial charge in [0, 0.05) is 5.56 Å². The zero-order valence-corrected chi connectivity index (χ0v) is 12.9. The zero-order chi connectivity index (χ0) is 16.8. The van der Waals surface area contributed by atoms with E-state index in [0.717, 1.165) is 5.56 Å². The van der Waals surface area contributed by atoms with Crippen LogP contribution in [0.15, 0.2) is 54.6 Å². The molecule has 0 bridgehead atoms. The lowest BCUT2D eigenvalue weighted by molar-refractivity contribution is -0.136. The van der Waals surface area contributed by atoms with E-state index in [1.54, 1.807) is 48.5 Å². The molecule has 0 aliphatic carbocycles. The molecule has 2 aromatic carbocycles. The SMILES string of the molecule is CC(=O)C(Cc1ccccc1CC(=O)O)C(=O)c1ccccc1. The Kier molecular flexibility index (Phi) is 5.41. The van der Waals surface area contributed by atoms with Gasteiger partial charge in [-0.15, -0.1) is 0 Å². The molecule has 0 aliphatic rings. The van der Waals surface area contributed by atoms with Crippen LogP contribution in [0.25, 0.3) is 0 Å². The first-order chi connectivity index (χ1) is 11.0. The Bertz CT molecular complexity index is 719. The molecule has 118 valence electrons. The molecule has 2 rings (SSSR count). The summed E-state index contributed by atoms with van der Waals surface area (Å²) in [5.41, 5.74) is 1.84. The number of carbonyl (C=O) groups is 3. The highest BCUT2D eigenvalue weighted by molar-refractivity contribution is 6.10. The lowest BCUT2D eigenvalue weighted by Crippen LogP contribution is -2.25. The summed E-state index contributed by atoms with van der Waals surface area (Å²) >= 11 is 0. The molecule has 1 unspecified atom stereocenters. The number of Topliss-reactive ketones (excluding diaryl/α,β-unsaturated/α-hetero) is 2. The number of hydrogen-bond donors (Lipinski definition) is 1. The van der Waals surface area contributed by atoms with E-state index in [-0.39, 0.29) is 24.4 Å². The van der Waals surface area contributed by atoms with Gasteiger partial charge in [-0.3, -0.25) is 14.4 Å². The number of hydrogen-bond acceptors (Lipinski definition) is 3. The fourth-order valence-corrected chi connectivity index (χ4v) is 2.54. The van der Waals surface area contributed by atoms with Gasteiger partial charge in [-0.05, 0) is 24.5 Å². The molecule has 0 spiro atoms. The minimum atomic E-state index is -0.939. The number of rotatable bonds is 7. The highest BCUT2D eigenvalue weighted by atomic mass is 16.4. The average Bonchev–Trinajstić information content (AvgIpc) is 2.53. The largest absolute Gasteiger partial charge is 0.481 e. The summed E-state index contributed by atoms with van der Waals surface area (Å²) in [5.74, 6) is -2.19. The highest BCUT2D eigenvalue weighted by Gasteiger charge is 2.25. The van der Waals surface area contributed by atoms with Gasteiger partial charge in [-0.1, -0.05) is 54.6 Å². The first-order valence-corrected chi connectivity index (χ1v) is 7.37. The quantitative estimate of drug-likeness (QED) is 0.630. The summed E-state index contributed by atoms with van der Waals surface area (Å²) in [6, 6.07) is 15.7. The summed E-state index contributed by atoms with van der Waals surface area (Å²) in [6.07, 6.45) is 0.0901. The van der Waals surface area contributed by atoms with E-state index >= 15 is 0 Å². The molecule has 0 saturated carbocycles. The number of carbonyl (C=O) groups excluding carboxylic acids is 2. The van der Waals surface area contributed by atoms with Crippen LogP contribution in [-0.2, 0) is 22.4 Å². The zero-order valence-electron chi connectivity index (χ0n) is 12.9. The van der Waals surface area contributed by atoms with Crippen molar-refractivity contribution in [2.75, 3.05) is 0 Å². The van der Waals surface area contributed by atoms with E-state index < -0.39 is 11.9 Å².